The van der Waals surface area contributed by atoms with Crippen LogP contribution in [0.15, 0.2) is 48.5 Å². The Labute approximate surface area is 179 Å². The molecule has 0 saturated heterocycles. The number of nitrogens with zero attached hydrogens (tertiary/aromatic N) is 1. The normalized spacial score (nSPS) is 11.7. The lowest BCUT2D eigenvalue weighted by molar-refractivity contribution is -0.141. The summed E-state index contributed by atoms with van der Waals surface area (Å²) >= 11 is 11.6. The maximum absolute atomic E-state index is 13.8. The fourth-order valence-electron chi connectivity index (χ4n) is 2.91. The average molecular weight is 441 g/mol. The summed E-state index contributed by atoms with van der Waals surface area (Å²) in [7, 11) is 0. The summed E-state index contributed by atoms with van der Waals surface area (Å²) in [6, 6.07) is 12.1. The number of carboxylic acids is 1. The van der Waals surface area contributed by atoms with E-state index in [1.807, 2.05) is 17.0 Å². The molecule has 2 aromatic carbocycles. The molecule has 0 aliphatic rings. The average Bonchev–Trinajstić information content (AvgIpc) is 2.69. The number of nitrogens with one attached hydrogen (secondary N) is 1. The molecule has 0 aromatic heterocycles. The van der Waals surface area contributed by atoms with E-state index in [9.17, 15) is 19.1 Å². The van der Waals surface area contributed by atoms with Gasteiger partial charge in [0.15, 0.2) is 0 Å². The highest BCUT2D eigenvalue weighted by atomic mass is 35.5. The van der Waals surface area contributed by atoms with Crippen molar-refractivity contribution in [3.63, 3.8) is 0 Å². The van der Waals surface area contributed by atoms with Gasteiger partial charge in [-0.25, -0.2) is 9.18 Å². The summed E-state index contributed by atoms with van der Waals surface area (Å²) in [6.07, 6.45) is -0.106. The number of aliphatic carboxylic acids is 1. The van der Waals surface area contributed by atoms with Crippen LogP contribution in [0.1, 0.15) is 11.1 Å². The lowest BCUT2D eigenvalue weighted by Crippen LogP contribution is -2.43. The molecule has 5 nitrogen and oxygen atoms in total. The van der Waals surface area contributed by atoms with Crippen molar-refractivity contribution in [3.8, 4) is 0 Å². The first-order valence-corrected chi connectivity index (χ1v) is 10.2. The van der Waals surface area contributed by atoms with Crippen LogP contribution >= 0.6 is 23.2 Å². The van der Waals surface area contributed by atoms with Crippen molar-refractivity contribution in [1.29, 1.82) is 0 Å². The molecule has 0 radical (unpaired) electrons. The van der Waals surface area contributed by atoms with Gasteiger partial charge in [-0.15, -0.1) is 23.2 Å². The SMILES string of the molecule is O=C(Cc1ccc(N(CCCl)CCCl)cc1)NC(Cc1ccccc1F)C(=O)O. The third kappa shape index (κ3) is 7.22. The van der Waals surface area contributed by atoms with E-state index in [0.717, 1.165) is 11.3 Å². The lowest BCUT2D eigenvalue weighted by atomic mass is 10.0. The molecular weight excluding hydrogens is 418 g/mol. The number of anilines is 1. The third-order valence-electron chi connectivity index (χ3n) is 4.39. The Kier molecular flexibility index (Phi) is 9.22. The van der Waals surface area contributed by atoms with Gasteiger partial charge in [-0.05, 0) is 29.3 Å². The fourth-order valence-corrected chi connectivity index (χ4v) is 3.32. The molecule has 0 spiro atoms. The van der Waals surface area contributed by atoms with E-state index in [-0.39, 0.29) is 18.4 Å². The number of hydrogen-bond donors (Lipinski definition) is 2. The van der Waals surface area contributed by atoms with Gasteiger partial charge in [0, 0.05) is 37.0 Å². The summed E-state index contributed by atoms with van der Waals surface area (Å²) in [6.45, 7) is 1.31. The van der Waals surface area contributed by atoms with E-state index >= 15 is 0 Å². The van der Waals surface area contributed by atoms with Gasteiger partial charge in [-0.1, -0.05) is 30.3 Å². The standard InChI is InChI=1S/C21H23Cl2FN2O3/c22-9-11-26(12-10-23)17-7-5-15(6-8-17)13-20(27)25-19(21(28)29)14-16-3-1-2-4-18(16)24/h1-8,19H,9-14H2,(H,25,27)(H,28,29). The number of benzene rings is 2. The highest BCUT2D eigenvalue weighted by molar-refractivity contribution is 6.18. The predicted octanol–water partition coefficient (Wildman–Crippen LogP) is 3.46. The van der Waals surface area contributed by atoms with Crippen LogP contribution < -0.4 is 10.2 Å². The number of carboxylic acid groups (broad SMARTS) is 1. The van der Waals surface area contributed by atoms with Gasteiger partial charge in [-0.2, -0.15) is 0 Å². The Hall–Kier alpha value is -2.31. The van der Waals surface area contributed by atoms with Crippen LogP contribution in [0.2, 0.25) is 0 Å². The highest BCUT2D eigenvalue weighted by Crippen LogP contribution is 2.16. The van der Waals surface area contributed by atoms with E-state index in [1.165, 1.54) is 18.2 Å². The number of halogens is 3. The third-order valence-corrected chi connectivity index (χ3v) is 4.73. The summed E-state index contributed by atoms with van der Waals surface area (Å²) in [4.78, 5) is 25.8. The molecule has 0 saturated carbocycles. The first-order valence-electron chi connectivity index (χ1n) is 9.16. The monoisotopic (exact) mass is 440 g/mol. The lowest BCUT2D eigenvalue weighted by Gasteiger charge is -2.23. The van der Waals surface area contributed by atoms with Crippen LogP contribution in [-0.4, -0.2) is 47.9 Å². The van der Waals surface area contributed by atoms with E-state index in [4.69, 9.17) is 23.2 Å². The van der Waals surface area contributed by atoms with Crippen LogP contribution in [0, 0.1) is 5.82 Å². The molecular formula is C21H23Cl2FN2O3. The van der Waals surface area contributed by atoms with E-state index < -0.39 is 23.7 Å². The Bertz CT molecular complexity index is 812. The maximum atomic E-state index is 13.8. The van der Waals surface area contributed by atoms with Crippen molar-refractivity contribution in [2.24, 2.45) is 0 Å². The molecule has 1 unspecified atom stereocenters. The van der Waals surface area contributed by atoms with Gasteiger partial charge in [0.2, 0.25) is 5.91 Å². The number of rotatable bonds is 11. The van der Waals surface area contributed by atoms with Gasteiger partial charge in [0.25, 0.3) is 0 Å². The van der Waals surface area contributed by atoms with Crippen molar-refractivity contribution < 1.29 is 19.1 Å². The quantitative estimate of drug-likeness (QED) is 0.524. The second-order valence-corrected chi connectivity index (χ2v) is 7.22. The first kappa shape index (κ1) is 23.0. The molecule has 1 amide bonds. The molecule has 0 bridgehead atoms. The van der Waals surface area contributed by atoms with E-state index in [2.05, 4.69) is 5.32 Å². The zero-order chi connectivity index (χ0) is 21.2. The number of hydrogen-bond acceptors (Lipinski definition) is 3. The molecule has 0 fully saturated rings. The molecule has 0 heterocycles. The minimum Gasteiger partial charge on any atom is -0.480 e. The topological polar surface area (TPSA) is 69.6 Å². The number of carbonyl (C=O) groups is 2. The van der Waals surface area contributed by atoms with Crippen LogP contribution in [-0.2, 0) is 22.4 Å². The van der Waals surface area contributed by atoms with E-state index in [1.54, 1.807) is 18.2 Å². The summed E-state index contributed by atoms with van der Waals surface area (Å²) in [5.74, 6) is -1.21. The predicted molar refractivity (Wildman–Crippen MR) is 113 cm³/mol. The smallest absolute Gasteiger partial charge is 0.326 e. The van der Waals surface area contributed by atoms with Gasteiger partial charge in [-0.3, -0.25) is 4.79 Å². The van der Waals surface area contributed by atoms with Crippen LogP contribution in [0.3, 0.4) is 0 Å². The first-order chi connectivity index (χ1) is 13.9. The summed E-state index contributed by atoms with van der Waals surface area (Å²) in [5, 5.41) is 11.8. The minimum atomic E-state index is -1.21. The Morgan fingerprint density at radius 3 is 2.21 bits per heavy atom. The van der Waals surface area contributed by atoms with Gasteiger partial charge in [0.05, 0.1) is 6.42 Å². The molecule has 0 aliphatic heterocycles. The van der Waals surface area contributed by atoms with Crippen molar-refractivity contribution in [3.05, 3.63) is 65.5 Å². The van der Waals surface area contributed by atoms with Crippen LogP contribution in [0.25, 0.3) is 0 Å². The fraction of sp³-hybridized carbons (Fsp3) is 0.333. The summed E-state index contributed by atoms with van der Waals surface area (Å²) < 4.78 is 13.8. The van der Waals surface area contributed by atoms with Crippen LogP contribution in [0.4, 0.5) is 10.1 Å². The molecule has 2 N–H and O–H groups in total. The molecule has 29 heavy (non-hydrogen) atoms. The number of amides is 1. The molecule has 8 heteroatoms. The maximum Gasteiger partial charge on any atom is 0.326 e. The summed E-state index contributed by atoms with van der Waals surface area (Å²) in [5.41, 5.74) is 1.92. The molecule has 156 valence electrons. The number of carbonyl (C=O) groups excluding carboxylic acids is 1. The molecule has 2 rings (SSSR count). The van der Waals surface area contributed by atoms with Crippen molar-refractivity contribution in [2.75, 3.05) is 29.7 Å². The zero-order valence-electron chi connectivity index (χ0n) is 15.8. The zero-order valence-corrected chi connectivity index (χ0v) is 17.3. The second-order valence-electron chi connectivity index (χ2n) is 6.46. The Morgan fingerprint density at radius 2 is 1.66 bits per heavy atom. The second kappa shape index (κ2) is 11.6. The molecule has 2 aromatic rings. The highest BCUT2D eigenvalue weighted by Gasteiger charge is 2.22. The molecule has 0 aliphatic carbocycles. The van der Waals surface area contributed by atoms with Crippen LogP contribution in [0.5, 0.6) is 0 Å². The van der Waals surface area contributed by atoms with Gasteiger partial charge < -0.3 is 15.3 Å². The van der Waals surface area contributed by atoms with Gasteiger partial charge >= 0.3 is 5.97 Å². The van der Waals surface area contributed by atoms with Crippen molar-refractivity contribution in [1.82, 2.24) is 5.32 Å². The Morgan fingerprint density at radius 1 is 1.03 bits per heavy atom. The van der Waals surface area contributed by atoms with Gasteiger partial charge in [0.1, 0.15) is 11.9 Å². The Balaban J connectivity index is 1.99. The minimum absolute atomic E-state index is 0.0202. The number of alkyl halides is 2. The largest absolute Gasteiger partial charge is 0.480 e. The van der Waals surface area contributed by atoms with Crippen molar-refractivity contribution >= 4 is 40.8 Å². The van der Waals surface area contributed by atoms with Crippen molar-refractivity contribution in [2.45, 2.75) is 18.9 Å². The van der Waals surface area contributed by atoms with E-state index in [0.29, 0.717) is 24.8 Å². The molecule has 1 atom stereocenters.